The fourth-order valence-corrected chi connectivity index (χ4v) is 1.01. The summed E-state index contributed by atoms with van der Waals surface area (Å²) in [5, 5.41) is 0. The number of nitrogens with two attached hydrogens (primary N) is 1. The molecule has 0 unspecified atom stereocenters. The number of hydrogen-bond donors (Lipinski definition) is 2. The first kappa shape index (κ1) is 7.38. The third-order valence-electron chi connectivity index (χ3n) is 1.32. The molecule has 1 aromatic carbocycles. The van der Waals surface area contributed by atoms with Crippen molar-refractivity contribution in [1.29, 1.82) is 0 Å². The number of halogens is 1. The number of benzene rings is 1. The molecule has 0 fully saturated rings. The lowest BCUT2D eigenvalue weighted by Crippen LogP contribution is -2.08. The average molecular weight is 157 g/mol. The highest BCUT2D eigenvalue weighted by Gasteiger charge is 1.95. The van der Waals surface area contributed by atoms with Crippen molar-refractivity contribution in [2.45, 2.75) is 5.88 Å². The van der Waals surface area contributed by atoms with Crippen LogP contribution in [0.15, 0.2) is 24.3 Å². The second-order valence-corrected chi connectivity index (χ2v) is 2.20. The number of hydrogen-bond acceptors (Lipinski definition) is 2. The minimum Gasteiger partial charge on any atom is -0.324 e. The summed E-state index contributed by atoms with van der Waals surface area (Å²) in [5.74, 6) is 5.70. The number of para-hydroxylation sites is 1. The largest absolute Gasteiger partial charge is 0.324 e. The zero-order valence-electron chi connectivity index (χ0n) is 5.47. The van der Waals surface area contributed by atoms with Gasteiger partial charge < -0.3 is 5.43 Å². The van der Waals surface area contributed by atoms with Crippen molar-refractivity contribution in [2.75, 3.05) is 5.43 Å². The average Bonchev–Trinajstić information content (AvgIpc) is 2.04. The SMILES string of the molecule is NNc1ccccc1CCl. The Morgan fingerprint density at radius 1 is 1.40 bits per heavy atom. The summed E-state index contributed by atoms with van der Waals surface area (Å²) in [6.07, 6.45) is 0. The molecule has 2 nitrogen and oxygen atoms in total. The van der Waals surface area contributed by atoms with Crippen LogP contribution in [-0.2, 0) is 5.88 Å². The van der Waals surface area contributed by atoms with Crippen molar-refractivity contribution < 1.29 is 0 Å². The van der Waals surface area contributed by atoms with Crippen molar-refractivity contribution in [3.05, 3.63) is 29.8 Å². The van der Waals surface area contributed by atoms with Crippen LogP contribution in [0.3, 0.4) is 0 Å². The standard InChI is InChI=1S/C7H9ClN2/c8-5-6-3-1-2-4-7(6)10-9/h1-4,10H,5,9H2. The van der Waals surface area contributed by atoms with Crippen LogP contribution in [0.4, 0.5) is 5.69 Å². The molecule has 0 saturated carbocycles. The monoisotopic (exact) mass is 156 g/mol. The molecule has 1 aromatic rings. The van der Waals surface area contributed by atoms with Crippen LogP contribution < -0.4 is 11.3 Å². The first-order valence-electron chi connectivity index (χ1n) is 2.99. The van der Waals surface area contributed by atoms with Gasteiger partial charge in [-0.1, -0.05) is 18.2 Å². The summed E-state index contributed by atoms with van der Waals surface area (Å²) in [5.41, 5.74) is 4.47. The molecule has 0 heterocycles. The second-order valence-electron chi connectivity index (χ2n) is 1.94. The first-order valence-corrected chi connectivity index (χ1v) is 3.52. The smallest absolute Gasteiger partial charge is 0.0529 e. The predicted octanol–water partition coefficient (Wildman–Crippen LogP) is 1.71. The third-order valence-corrected chi connectivity index (χ3v) is 1.60. The Morgan fingerprint density at radius 3 is 2.60 bits per heavy atom. The van der Waals surface area contributed by atoms with E-state index < -0.39 is 0 Å². The van der Waals surface area contributed by atoms with Gasteiger partial charge in [0.15, 0.2) is 0 Å². The van der Waals surface area contributed by atoms with Crippen LogP contribution in [0, 0.1) is 0 Å². The second kappa shape index (κ2) is 3.44. The molecule has 1 rings (SSSR count). The molecule has 0 amide bonds. The topological polar surface area (TPSA) is 38.0 Å². The van der Waals surface area contributed by atoms with Crippen LogP contribution in [0.5, 0.6) is 0 Å². The highest BCUT2D eigenvalue weighted by atomic mass is 35.5. The zero-order chi connectivity index (χ0) is 7.40. The van der Waals surface area contributed by atoms with Gasteiger partial charge in [-0.25, -0.2) is 0 Å². The van der Waals surface area contributed by atoms with E-state index in [1.54, 1.807) is 0 Å². The summed E-state index contributed by atoms with van der Waals surface area (Å²) in [6.45, 7) is 0. The van der Waals surface area contributed by atoms with E-state index in [0.717, 1.165) is 11.3 Å². The molecule has 54 valence electrons. The maximum Gasteiger partial charge on any atom is 0.0529 e. The number of nitrogen functional groups attached to an aromatic ring is 1. The molecule has 0 bridgehead atoms. The van der Waals surface area contributed by atoms with E-state index in [4.69, 9.17) is 17.4 Å². The first-order chi connectivity index (χ1) is 4.88. The summed E-state index contributed by atoms with van der Waals surface area (Å²) in [7, 11) is 0. The van der Waals surface area contributed by atoms with E-state index >= 15 is 0 Å². The molecule has 0 aliphatic carbocycles. The van der Waals surface area contributed by atoms with Gasteiger partial charge >= 0.3 is 0 Å². The molecule has 0 saturated heterocycles. The van der Waals surface area contributed by atoms with Crippen LogP contribution >= 0.6 is 11.6 Å². The Morgan fingerprint density at radius 2 is 2.10 bits per heavy atom. The molecule has 0 aliphatic rings. The number of nitrogens with one attached hydrogen (secondary N) is 1. The van der Waals surface area contributed by atoms with Crippen molar-refractivity contribution in [3.8, 4) is 0 Å². The summed E-state index contributed by atoms with van der Waals surface area (Å²) in [4.78, 5) is 0. The Kier molecular flexibility index (Phi) is 2.54. The molecule has 0 spiro atoms. The van der Waals surface area contributed by atoms with Crippen LogP contribution in [-0.4, -0.2) is 0 Å². The number of rotatable bonds is 2. The highest BCUT2D eigenvalue weighted by molar-refractivity contribution is 6.17. The minimum atomic E-state index is 0.486. The van der Waals surface area contributed by atoms with E-state index in [-0.39, 0.29) is 0 Å². The molecular formula is C7H9ClN2. The molecular weight excluding hydrogens is 148 g/mol. The van der Waals surface area contributed by atoms with Gasteiger partial charge in [0, 0.05) is 5.88 Å². The highest BCUT2D eigenvalue weighted by Crippen LogP contribution is 2.14. The molecule has 0 atom stereocenters. The van der Waals surface area contributed by atoms with E-state index in [9.17, 15) is 0 Å². The summed E-state index contributed by atoms with van der Waals surface area (Å²) < 4.78 is 0. The zero-order valence-corrected chi connectivity index (χ0v) is 6.23. The molecule has 0 radical (unpaired) electrons. The summed E-state index contributed by atoms with van der Waals surface area (Å²) >= 11 is 5.62. The van der Waals surface area contributed by atoms with Crippen molar-refractivity contribution in [1.82, 2.24) is 0 Å². The van der Waals surface area contributed by atoms with E-state index in [2.05, 4.69) is 5.43 Å². The van der Waals surface area contributed by atoms with Gasteiger partial charge in [-0.2, -0.15) is 0 Å². The number of anilines is 1. The van der Waals surface area contributed by atoms with Gasteiger partial charge in [0.1, 0.15) is 0 Å². The van der Waals surface area contributed by atoms with Gasteiger partial charge in [0.2, 0.25) is 0 Å². The van der Waals surface area contributed by atoms with Gasteiger partial charge in [-0.15, -0.1) is 11.6 Å². The lowest BCUT2D eigenvalue weighted by Gasteiger charge is -2.03. The van der Waals surface area contributed by atoms with Gasteiger partial charge in [-0.05, 0) is 11.6 Å². The van der Waals surface area contributed by atoms with Gasteiger partial charge in [0.05, 0.1) is 5.69 Å². The van der Waals surface area contributed by atoms with E-state index in [1.807, 2.05) is 24.3 Å². The van der Waals surface area contributed by atoms with E-state index in [0.29, 0.717) is 5.88 Å². The lowest BCUT2D eigenvalue weighted by molar-refractivity contribution is 1.29. The molecule has 10 heavy (non-hydrogen) atoms. The Balaban J connectivity index is 2.96. The Bertz CT molecular complexity index is 190. The van der Waals surface area contributed by atoms with Gasteiger partial charge in [0.25, 0.3) is 0 Å². The maximum atomic E-state index is 5.62. The van der Waals surface area contributed by atoms with Crippen molar-refractivity contribution >= 4 is 17.3 Å². The van der Waals surface area contributed by atoms with Crippen molar-refractivity contribution in [2.24, 2.45) is 5.84 Å². The molecule has 3 N–H and O–H groups in total. The lowest BCUT2D eigenvalue weighted by atomic mass is 10.2. The van der Waals surface area contributed by atoms with Crippen LogP contribution in [0.2, 0.25) is 0 Å². The molecule has 3 heteroatoms. The third kappa shape index (κ3) is 1.40. The molecule has 0 aromatic heterocycles. The van der Waals surface area contributed by atoms with Crippen LogP contribution in [0.25, 0.3) is 0 Å². The molecule has 0 aliphatic heterocycles. The van der Waals surface area contributed by atoms with Crippen molar-refractivity contribution in [3.63, 3.8) is 0 Å². The van der Waals surface area contributed by atoms with Crippen LogP contribution in [0.1, 0.15) is 5.56 Å². The number of alkyl halides is 1. The quantitative estimate of drug-likeness (QED) is 0.389. The minimum absolute atomic E-state index is 0.486. The Hall–Kier alpha value is -0.730. The summed E-state index contributed by atoms with van der Waals surface area (Å²) in [6, 6.07) is 7.66. The predicted molar refractivity (Wildman–Crippen MR) is 43.8 cm³/mol. The fraction of sp³-hybridized carbons (Fsp3) is 0.143. The Labute approximate surface area is 65.0 Å². The fourth-order valence-electron chi connectivity index (χ4n) is 0.778. The normalized spacial score (nSPS) is 9.40. The van der Waals surface area contributed by atoms with E-state index in [1.165, 1.54) is 0 Å². The number of hydrazine groups is 1. The maximum absolute atomic E-state index is 5.62. The van der Waals surface area contributed by atoms with Gasteiger partial charge in [-0.3, -0.25) is 5.84 Å².